The van der Waals surface area contributed by atoms with Gasteiger partial charge in [-0.25, -0.2) is 28.3 Å². The third-order valence-corrected chi connectivity index (χ3v) is 18.1. The van der Waals surface area contributed by atoms with Gasteiger partial charge in [0.25, 0.3) is 0 Å². The quantitative estimate of drug-likeness (QED) is 0.0824. The van der Waals surface area contributed by atoms with E-state index in [0.29, 0.717) is 43.3 Å². The van der Waals surface area contributed by atoms with Crippen molar-refractivity contribution in [3.63, 3.8) is 0 Å². The predicted molar refractivity (Wildman–Crippen MR) is 284 cm³/mol. The highest BCUT2D eigenvalue weighted by molar-refractivity contribution is 5.88. The van der Waals surface area contributed by atoms with E-state index in [1.807, 2.05) is 39.0 Å². The van der Waals surface area contributed by atoms with Crippen LogP contribution in [0.15, 0.2) is 48.5 Å². The molecule has 6 heterocycles. The number of nitrogens with zero attached hydrogens (tertiary/aromatic N) is 6. The van der Waals surface area contributed by atoms with Crippen LogP contribution in [-0.2, 0) is 28.5 Å². The Kier molecular flexibility index (Phi) is 14.8. The Morgan fingerprint density at radius 1 is 0.597 bits per heavy atom. The lowest BCUT2D eigenvalue weighted by molar-refractivity contribution is -0.140. The molecule has 2 aliphatic carbocycles. The number of likely N-dealkylation sites (tertiary alicyclic amines) is 2. The molecule has 3 aromatic carbocycles. The van der Waals surface area contributed by atoms with Crippen molar-refractivity contribution in [1.29, 1.82) is 0 Å². The second kappa shape index (κ2) is 21.7. The average Bonchev–Trinajstić information content (AvgIpc) is 4.43. The number of fused-ring (bicyclic) bond motifs is 4. The van der Waals surface area contributed by atoms with Gasteiger partial charge >= 0.3 is 12.2 Å². The lowest BCUT2D eigenvalue weighted by Crippen LogP contribution is -2.55. The predicted octanol–water partition coefficient (Wildman–Crippen LogP) is 9.19. The van der Waals surface area contributed by atoms with Crippen LogP contribution in [-0.4, -0.2) is 132 Å². The fourth-order valence-corrected chi connectivity index (χ4v) is 14.2. The number of aromatic nitrogens is 4. The zero-order chi connectivity index (χ0) is 53.8. The van der Waals surface area contributed by atoms with E-state index in [0.717, 1.165) is 104 Å². The highest BCUT2D eigenvalue weighted by atomic mass is 19.1. The summed E-state index contributed by atoms with van der Waals surface area (Å²) in [5, 5.41) is 5.44. The van der Waals surface area contributed by atoms with Crippen LogP contribution in [0.2, 0.25) is 0 Å². The first-order chi connectivity index (χ1) is 37.3. The average molecular weight is 1060 g/mol. The summed E-state index contributed by atoms with van der Waals surface area (Å²) in [6.07, 6.45) is 8.59. The van der Waals surface area contributed by atoms with Gasteiger partial charge in [0.2, 0.25) is 11.8 Å². The fourth-order valence-electron chi connectivity index (χ4n) is 14.2. The number of carbonyl (C=O) groups excluding carboxylic acids is 4. The molecule has 4 aliphatic heterocycles. The maximum Gasteiger partial charge on any atom is 0.407 e. The minimum Gasteiger partial charge on any atom is -0.453 e. The van der Waals surface area contributed by atoms with E-state index in [1.165, 1.54) is 40.6 Å². The van der Waals surface area contributed by atoms with Crippen molar-refractivity contribution in [2.24, 2.45) is 11.8 Å². The molecule has 0 bridgehead atoms. The van der Waals surface area contributed by atoms with Gasteiger partial charge in [0.15, 0.2) is 11.6 Å². The maximum atomic E-state index is 16.6. The zero-order valence-electron chi connectivity index (χ0n) is 44.9. The van der Waals surface area contributed by atoms with E-state index >= 15 is 8.78 Å². The molecule has 0 radical (unpaired) electrons. The summed E-state index contributed by atoms with van der Waals surface area (Å²) in [5.41, 5.74) is 5.32. The van der Waals surface area contributed by atoms with Gasteiger partial charge in [-0.05, 0) is 144 Å². The highest BCUT2D eigenvalue weighted by Gasteiger charge is 2.52. The normalized spacial score (nSPS) is 26.7. The van der Waals surface area contributed by atoms with E-state index in [9.17, 15) is 19.2 Å². The molecule has 20 heteroatoms. The molecule has 5 aromatic rings. The molecule has 4 saturated heterocycles. The van der Waals surface area contributed by atoms with Crippen molar-refractivity contribution in [3.05, 3.63) is 82.9 Å². The molecule has 77 heavy (non-hydrogen) atoms. The van der Waals surface area contributed by atoms with Crippen molar-refractivity contribution in [2.75, 3.05) is 51.3 Å². The number of hydrogen-bond donors (Lipinski definition) is 4. The SMILES string of the molecule is COC(=O)N[C@H](C(=O)N1[C@H](c2nc3ccc([C@H]4CC[C@H](c5ccc6nc([C@@H]7C[C@@H]8CCC[C@@H]8N7C(=O)[C@@H](NC(=O)OC)[C@@H](C)OC)[nH]c6c5)N4c4cc(F)c(N5CCCCC5)c(F)c4)cc3[nH]2)C[C@@H]2CCC[C@@H]21)[C@@H](C)OC. The Balaban J connectivity index is 0.929. The maximum absolute atomic E-state index is 16.6. The van der Waals surface area contributed by atoms with Crippen molar-refractivity contribution in [1.82, 2.24) is 40.4 Å². The summed E-state index contributed by atoms with van der Waals surface area (Å²) in [6, 6.07) is 11.8. The molecule has 6 aliphatic rings. The van der Waals surface area contributed by atoms with Gasteiger partial charge < -0.3 is 59.1 Å². The standard InChI is InChI=1S/C57H72F2N10O8/c1-30(74-3)49(64-56(72)76-5)54(70)68-43-14-10-12-32(43)26-47(68)52-60-39-18-16-34(24-41(39)62-52)45-20-21-46(67(45)36-28-37(58)51(38(59)29-36)66-22-8-7-9-23-66)35-17-19-40-42(25-35)63-53(61-40)48-27-33-13-11-15-44(33)69(48)55(71)50(31(2)75-4)65-57(73)77-6/h16-19,24-25,28-33,43-50H,7-15,20-23,26-27H2,1-6H3,(H,60,62)(H,61,63)(H,64,72)(H,65,73)/t30-,31-,32+,33+,43+,44+,45-,46-,47+,48+,49+,50+/m1/s1. The van der Waals surface area contributed by atoms with Gasteiger partial charge in [0.1, 0.15) is 29.4 Å². The Bertz CT molecular complexity index is 2830. The number of aromatic amines is 2. The number of carbonyl (C=O) groups is 4. The summed E-state index contributed by atoms with van der Waals surface area (Å²) in [4.78, 5) is 79.4. The summed E-state index contributed by atoms with van der Waals surface area (Å²) >= 11 is 0. The number of ether oxygens (including phenoxy) is 4. The third-order valence-electron chi connectivity index (χ3n) is 18.1. The van der Waals surface area contributed by atoms with E-state index in [4.69, 9.17) is 28.9 Å². The first-order valence-electron chi connectivity index (χ1n) is 27.7. The number of benzene rings is 3. The number of halogens is 2. The van der Waals surface area contributed by atoms with Crippen LogP contribution in [0.5, 0.6) is 0 Å². The molecule has 2 saturated carbocycles. The summed E-state index contributed by atoms with van der Waals surface area (Å²) in [6.45, 7) is 4.69. The minimum absolute atomic E-state index is 0.0122. The van der Waals surface area contributed by atoms with Crippen LogP contribution in [0.1, 0.15) is 144 Å². The van der Waals surface area contributed by atoms with Gasteiger partial charge in [-0.2, -0.15) is 0 Å². The number of piperidine rings is 1. The van der Waals surface area contributed by atoms with Crippen molar-refractivity contribution < 1.29 is 46.9 Å². The molecule has 4 N–H and O–H groups in total. The van der Waals surface area contributed by atoms with Gasteiger partial charge in [-0.1, -0.05) is 25.0 Å². The molecule has 4 amide bonds. The Morgan fingerprint density at radius 2 is 1.05 bits per heavy atom. The van der Waals surface area contributed by atoms with E-state index in [2.05, 4.69) is 37.6 Å². The number of hydrogen-bond acceptors (Lipinski definition) is 12. The number of nitrogens with one attached hydrogen (secondary N) is 4. The number of anilines is 2. The molecule has 2 aromatic heterocycles. The lowest BCUT2D eigenvalue weighted by atomic mass is 10.0. The van der Waals surface area contributed by atoms with E-state index < -0.39 is 48.1 Å². The van der Waals surface area contributed by atoms with Crippen molar-refractivity contribution >= 4 is 57.4 Å². The van der Waals surface area contributed by atoms with Crippen LogP contribution in [0.4, 0.5) is 29.7 Å². The number of H-pyrrole nitrogens is 2. The van der Waals surface area contributed by atoms with Crippen LogP contribution >= 0.6 is 0 Å². The fraction of sp³-hybridized carbons (Fsp3) is 0.579. The lowest BCUT2D eigenvalue weighted by Gasteiger charge is -2.35. The Morgan fingerprint density at radius 3 is 1.48 bits per heavy atom. The Labute approximate surface area is 447 Å². The second-order valence-electron chi connectivity index (χ2n) is 22.2. The number of rotatable bonds is 14. The molecule has 412 valence electrons. The Hall–Kier alpha value is -6.54. The first-order valence-corrected chi connectivity index (χ1v) is 27.7. The summed E-state index contributed by atoms with van der Waals surface area (Å²) < 4.78 is 54.2. The summed E-state index contributed by atoms with van der Waals surface area (Å²) in [7, 11) is 5.55. The largest absolute Gasteiger partial charge is 0.453 e. The number of methoxy groups -OCH3 is 4. The summed E-state index contributed by atoms with van der Waals surface area (Å²) in [5.74, 6) is 0.188. The number of imidazole rings is 2. The van der Waals surface area contributed by atoms with Crippen LogP contribution in [0.25, 0.3) is 22.1 Å². The molecule has 18 nitrogen and oxygen atoms in total. The van der Waals surface area contributed by atoms with Crippen LogP contribution < -0.4 is 20.4 Å². The highest BCUT2D eigenvalue weighted by Crippen LogP contribution is 2.52. The third kappa shape index (κ3) is 9.71. The van der Waals surface area contributed by atoms with Crippen LogP contribution in [0, 0.1) is 23.5 Å². The van der Waals surface area contributed by atoms with Gasteiger partial charge in [0, 0.05) is 45.1 Å². The van der Waals surface area contributed by atoms with Crippen molar-refractivity contribution in [2.45, 2.75) is 158 Å². The minimum atomic E-state index is -0.972. The zero-order valence-corrected chi connectivity index (χ0v) is 44.9. The second-order valence-corrected chi connectivity index (χ2v) is 22.2. The topological polar surface area (TPSA) is 200 Å². The van der Waals surface area contributed by atoms with Gasteiger partial charge in [-0.3, -0.25) is 9.59 Å². The number of alkyl carbamates (subject to hydrolysis) is 2. The monoisotopic (exact) mass is 1060 g/mol. The van der Waals surface area contributed by atoms with Gasteiger partial charge in [-0.15, -0.1) is 0 Å². The molecule has 0 spiro atoms. The van der Waals surface area contributed by atoms with Crippen LogP contribution in [0.3, 0.4) is 0 Å². The first kappa shape index (κ1) is 52.5. The smallest absolute Gasteiger partial charge is 0.407 e. The molecule has 11 rings (SSSR count). The molecule has 0 unspecified atom stereocenters. The molecule has 12 atom stereocenters. The van der Waals surface area contributed by atoms with E-state index in [-0.39, 0.29) is 65.6 Å². The molecular weight excluding hydrogens is 991 g/mol. The van der Waals surface area contributed by atoms with Gasteiger partial charge in [0.05, 0.1) is 72.7 Å². The van der Waals surface area contributed by atoms with Crippen molar-refractivity contribution in [3.8, 4) is 0 Å². The molecular formula is C57H72F2N10O8. The number of amides is 4. The molecule has 6 fully saturated rings. The van der Waals surface area contributed by atoms with E-state index in [1.54, 1.807) is 13.8 Å².